The smallest absolute Gasteiger partial charge is 0.132 e. The Morgan fingerprint density at radius 1 is 1.53 bits per heavy atom. The molecule has 1 rings (SSSR count). The number of methoxy groups -OCH3 is 1. The van der Waals surface area contributed by atoms with Crippen LogP contribution in [0.1, 0.15) is 19.7 Å². The van der Waals surface area contributed by atoms with Crippen molar-refractivity contribution in [1.82, 2.24) is 9.97 Å². The predicted octanol–water partition coefficient (Wildman–Crippen LogP) is 1.07. The van der Waals surface area contributed by atoms with E-state index in [1.54, 1.807) is 13.2 Å². The lowest BCUT2D eigenvalue weighted by atomic mass is 10.3. The highest BCUT2D eigenvalue weighted by atomic mass is 16.5. The summed E-state index contributed by atoms with van der Waals surface area (Å²) < 4.78 is 5.03. The van der Waals surface area contributed by atoms with Crippen LogP contribution in [0.15, 0.2) is 6.07 Å². The van der Waals surface area contributed by atoms with Gasteiger partial charge in [0, 0.05) is 25.6 Å². The molecular formula is C10H18N4O. The minimum Gasteiger partial charge on any atom is -0.384 e. The molecule has 84 valence electrons. The summed E-state index contributed by atoms with van der Waals surface area (Å²) in [6, 6.07) is 1.93. The van der Waals surface area contributed by atoms with Crippen molar-refractivity contribution in [3.63, 3.8) is 0 Å². The van der Waals surface area contributed by atoms with Crippen molar-refractivity contribution in [3.05, 3.63) is 11.9 Å². The van der Waals surface area contributed by atoms with Crippen LogP contribution in [0, 0.1) is 0 Å². The first-order valence-electron chi connectivity index (χ1n) is 5.04. The van der Waals surface area contributed by atoms with E-state index in [9.17, 15) is 0 Å². The van der Waals surface area contributed by atoms with Gasteiger partial charge in [0.1, 0.15) is 17.5 Å². The van der Waals surface area contributed by atoms with Crippen LogP contribution in [0.4, 0.5) is 11.6 Å². The van der Waals surface area contributed by atoms with Crippen LogP contribution >= 0.6 is 0 Å². The number of nitrogens with zero attached hydrogens (tertiary/aromatic N) is 2. The maximum absolute atomic E-state index is 5.66. The van der Waals surface area contributed by atoms with Crippen LogP contribution in [0.5, 0.6) is 0 Å². The molecule has 1 aromatic heterocycles. The molecule has 15 heavy (non-hydrogen) atoms. The fourth-order valence-electron chi connectivity index (χ4n) is 1.29. The summed E-state index contributed by atoms with van der Waals surface area (Å²) in [6.45, 7) is 4.65. The van der Waals surface area contributed by atoms with Gasteiger partial charge in [0.15, 0.2) is 0 Å². The predicted molar refractivity (Wildman–Crippen MR) is 60.8 cm³/mol. The number of nitrogens with one attached hydrogen (secondary N) is 1. The Bertz CT molecular complexity index is 316. The van der Waals surface area contributed by atoms with E-state index in [1.165, 1.54) is 0 Å². The molecule has 0 spiro atoms. The average Bonchev–Trinajstić information content (AvgIpc) is 2.17. The molecule has 0 aliphatic rings. The third-order valence-electron chi connectivity index (χ3n) is 1.92. The average molecular weight is 210 g/mol. The van der Waals surface area contributed by atoms with Crippen LogP contribution in [0.3, 0.4) is 0 Å². The zero-order valence-electron chi connectivity index (χ0n) is 9.45. The fourth-order valence-corrected chi connectivity index (χ4v) is 1.29. The summed E-state index contributed by atoms with van der Waals surface area (Å²) in [5.41, 5.74) is 5.66. The van der Waals surface area contributed by atoms with Gasteiger partial charge in [0.25, 0.3) is 0 Å². The molecule has 5 nitrogen and oxygen atoms in total. The largest absolute Gasteiger partial charge is 0.384 e. The van der Waals surface area contributed by atoms with Crippen molar-refractivity contribution in [3.8, 4) is 0 Å². The van der Waals surface area contributed by atoms with E-state index >= 15 is 0 Å². The SMILES string of the molecule is CCc1nc(N)cc(NC(C)COC)n1. The first kappa shape index (κ1) is 11.7. The molecule has 0 amide bonds. The number of aryl methyl sites for hydroxylation is 1. The third kappa shape index (κ3) is 3.71. The van der Waals surface area contributed by atoms with Gasteiger partial charge in [-0.1, -0.05) is 6.92 Å². The highest BCUT2D eigenvalue weighted by molar-refractivity contribution is 5.45. The molecule has 1 aromatic rings. The van der Waals surface area contributed by atoms with Crippen LogP contribution in [0.2, 0.25) is 0 Å². The van der Waals surface area contributed by atoms with E-state index in [-0.39, 0.29) is 6.04 Å². The van der Waals surface area contributed by atoms with Crippen molar-refractivity contribution < 1.29 is 4.74 Å². The summed E-state index contributed by atoms with van der Waals surface area (Å²) in [7, 11) is 1.67. The molecule has 0 saturated heterocycles. The second-order valence-electron chi connectivity index (χ2n) is 3.45. The van der Waals surface area contributed by atoms with Crippen LogP contribution < -0.4 is 11.1 Å². The van der Waals surface area contributed by atoms with Crippen molar-refractivity contribution >= 4 is 11.6 Å². The normalized spacial score (nSPS) is 12.5. The molecule has 0 aliphatic carbocycles. The summed E-state index contributed by atoms with van der Waals surface area (Å²) in [4.78, 5) is 8.42. The molecule has 0 radical (unpaired) electrons. The van der Waals surface area contributed by atoms with Crippen molar-refractivity contribution in [2.75, 3.05) is 24.8 Å². The Morgan fingerprint density at radius 2 is 2.27 bits per heavy atom. The standard InChI is InChI=1S/C10H18N4O/c1-4-9-13-8(11)5-10(14-9)12-7(2)6-15-3/h5,7H,4,6H2,1-3H3,(H3,11,12,13,14). The molecule has 1 heterocycles. The van der Waals surface area contributed by atoms with Crippen LogP contribution in [-0.2, 0) is 11.2 Å². The van der Waals surface area contributed by atoms with Gasteiger partial charge in [-0.25, -0.2) is 9.97 Å². The van der Waals surface area contributed by atoms with Gasteiger partial charge in [0.2, 0.25) is 0 Å². The lowest BCUT2D eigenvalue weighted by Gasteiger charge is -2.14. The minimum absolute atomic E-state index is 0.203. The van der Waals surface area contributed by atoms with E-state index < -0.39 is 0 Å². The second kappa shape index (κ2) is 5.50. The number of anilines is 2. The topological polar surface area (TPSA) is 73.1 Å². The third-order valence-corrected chi connectivity index (χ3v) is 1.92. The Morgan fingerprint density at radius 3 is 2.87 bits per heavy atom. The van der Waals surface area contributed by atoms with Gasteiger partial charge in [-0.2, -0.15) is 0 Å². The molecule has 0 fully saturated rings. The first-order chi connectivity index (χ1) is 7.15. The highest BCUT2D eigenvalue weighted by Crippen LogP contribution is 2.09. The molecule has 1 atom stereocenters. The maximum Gasteiger partial charge on any atom is 0.132 e. The van der Waals surface area contributed by atoms with E-state index in [0.29, 0.717) is 12.4 Å². The molecule has 0 aromatic carbocycles. The molecule has 1 unspecified atom stereocenters. The summed E-state index contributed by atoms with van der Waals surface area (Å²) >= 11 is 0. The van der Waals surface area contributed by atoms with Crippen molar-refractivity contribution in [2.45, 2.75) is 26.3 Å². The summed E-state index contributed by atoms with van der Waals surface area (Å²) in [5.74, 6) is 2.00. The van der Waals surface area contributed by atoms with E-state index in [0.717, 1.165) is 18.1 Å². The summed E-state index contributed by atoms with van der Waals surface area (Å²) in [6.07, 6.45) is 0.776. The van der Waals surface area contributed by atoms with Crippen molar-refractivity contribution in [1.29, 1.82) is 0 Å². The van der Waals surface area contributed by atoms with E-state index in [1.807, 2.05) is 13.8 Å². The van der Waals surface area contributed by atoms with Crippen LogP contribution in [-0.4, -0.2) is 29.7 Å². The number of rotatable bonds is 5. The van der Waals surface area contributed by atoms with E-state index in [2.05, 4.69) is 15.3 Å². The quantitative estimate of drug-likeness (QED) is 0.760. The Labute approximate surface area is 90.1 Å². The fraction of sp³-hybridized carbons (Fsp3) is 0.600. The molecule has 0 bridgehead atoms. The Hall–Kier alpha value is -1.36. The molecule has 3 N–H and O–H groups in total. The minimum atomic E-state index is 0.203. The summed E-state index contributed by atoms with van der Waals surface area (Å²) in [5, 5.41) is 3.20. The van der Waals surface area contributed by atoms with Gasteiger partial charge >= 0.3 is 0 Å². The maximum atomic E-state index is 5.66. The molecule has 0 aliphatic heterocycles. The van der Waals surface area contributed by atoms with Gasteiger partial charge in [-0.3, -0.25) is 0 Å². The number of ether oxygens (including phenoxy) is 1. The molecule has 0 saturated carbocycles. The number of nitrogens with two attached hydrogens (primary N) is 1. The number of hydrogen-bond donors (Lipinski definition) is 2. The highest BCUT2D eigenvalue weighted by Gasteiger charge is 2.04. The lowest BCUT2D eigenvalue weighted by Crippen LogP contribution is -2.22. The lowest BCUT2D eigenvalue weighted by molar-refractivity contribution is 0.190. The zero-order chi connectivity index (χ0) is 11.3. The van der Waals surface area contributed by atoms with Gasteiger partial charge in [0.05, 0.1) is 6.61 Å². The molecule has 5 heteroatoms. The monoisotopic (exact) mass is 210 g/mol. The second-order valence-corrected chi connectivity index (χ2v) is 3.45. The van der Waals surface area contributed by atoms with Crippen LogP contribution in [0.25, 0.3) is 0 Å². The number of aromatic nitrogens is 2. The number of nitrogen functional groups attached to an aromatic ring is 1. The number of hydrogen-bond acceptors (Lipinski definition) is 5. The van der Waals surface area contributed by atoms with Gasteiger partial charge in [-0.05, 0) is 6.92 Å². The van der Waals surface area contributed by atoms with E-state index in [4.69, 9.17) is 10.5 Å². The Kier molecular flexibility index (Phi) is 4.30. The molecular weight excluding hydrogens is 192 g/mol. The van der Waals surface area contributed by atoms with Gasteiger partial charge < -0.3 is 15.8 Å². The van der Waals surface area contributed by atoms with Gasteiger partial charge in [-0.15, -0.1) is 0 Å². The van der Waals surface area contributed by atoms with Crippen molar-refractivity contribution in [2.24, 2.45) is 0 Å². The zero-order valence-corrected chi connectivity index (χ0v) is 9.45. The first-order valence-corrected chi connectivity index (χ1v) is 5.04. The Balaban J connectivity index is 2.71.